The number of hydrogen-bond acceptors (Lipinski definition) is 3. The van der Waals surface area contributed by atoms with Gasteiger partial charge in [-0.2, -0.15) is 18.3 Å². The largest absolute Gasteiger partial charge is 0.417 e. The molecule has 0 saturated heterocycles. The van der Waals surface area contributed by atoms with E-state index in [1.54, 1.807) is 24.3 Å². The van der Waals surface area contributed by atoms with Crippen LogP contribution in [0.4, 0.5) is 19.0 Å². The van der Waals surface area contributed by atoms with Gasteiger partial charge in [-0.25, -0.2) is 4.98 Å². The molecule has 21 heavy (non-hydrogen) atoms. The molecule has 0 fully saturated rings. The van der Waals surface area contributed by atoms with Crippen LogP contribution in [0.25, 0.3) is 0 Å². The minimum absolute atomic E-state index is 0.0369. The van der Waals surface area contributed by atoms with Gasteiger partial charge in [-0.1, -0.05) is 35.3 Å². The number of nitrogens with zero attached hydrogens (tertiary/aromatic N) is 2. The fourth-order valence-corrected chi connectivity index (χ4v) is 1.73. The van der Waals surface area contributed by atoms with Crippen molar-refractivity contribution in [2.24, 2.45) is 5.10 Å². The van der Waals surface area contributed by atoms with Crippen LogP contribution in [0.2, 0.25) is 10.0 Å². The van der Waals surface area contributed by atoms with E-state index in [0.717, 1.165) is 11.6 Å². The molecule has 0 radical (unpaired) electrons. The van der Waals surface area contributed by atoms with Gasteiger partial charge in [0, 0.05) is 11.2 Å². The molecule has 1 aromatic carbocycles. The average molecular weight is 334 g/mol. The summed E-state index contributed by atoms with van der Waals surface area (Å²) >= 11 is 11.5. The van der Waals surface area contributed by atoms with E-state index in [0.29, 0.717) is 11.2 Å². The summed E-state index contributed by atoms with van der Waals surface area (Å²) in [6, 6.07) is 7.62. The molecular weight excluding hydrogens is 326 g/mol. The van der Waals surface area contributed by atoms with Gasteiger partial charge >= 0.3 is 6.18 Å². The molecule has 1 aromatic heterocycles. The van der Waals surface area contributed by atoms with Crippen LogP contribution in [0.15, 0.2) is 41.6 Å². The molecule has 2 rings (SSSR count). The van der Waals surface area contributed by atoms with Crippen molar-refractivity contribution < 1.29 is 13.2 Å². The highest BCUT2D eigenvalue weighted by molar-refractivity contribution is 6.33. The fraction of sp³-hybridized carbons (Fsp3) is 0.0769. The Hall–Kier alpha value is -1.79. The number of hydrazone groups is 1. The molecule has 0 unspecified atom stereocenters. The third-order valence-electron chi connectivity index (χ3n) is 2.42. The van der Waals surface area contributed by atoms with Gasteiger partial charge in [0.1, 0.15) is 0 Å². The molecule has 0 atom stereocenters. The number of pyridine rings is 1. The normalized spacial score (nSPS) is 11.9. The summed E-state index contributed by atoms with van der Waals surface area (Å²) < 4.78 is 37.3. The first-order chi connectivity index (χ1) is 9.86. The van der Waals surface area contributed by atoms with Crippen molar-refractivity contribution in [3.63, 3.8) is 0 Å². The van der Waals surface area contributed by atoms with Crippen molar-refractivity contribution in [3.8, 4) is 0 Å². The Bertz CT molecular complexity index is 655. The first-order valence-electron chi connectivity index (χ1n) is 5.63. The van der Waals surface area contributed by atoms with Crippen LogP contribution in [0.3, 0.4) is 0 Å². The van der Waals surface area contributed by atoms with E-state index < -0.39 is 11.7 Å². The monoisotopic (exact) mass is 333 g/mol. The lowest BCUT2D eigenvalue weighted by Gasteiger charge is -2.08. The quantitative estimate of drug-likeness (QED) is 0.643. The van der Waals surface area contributed by atoms with Crippen molar-refractivity contribution in [2.45, 2.75) is 6.18 Å². The topological polar surface area (TPSA) is 37.3 Å². The van der Waals surface area contributed by atoms with Gasteiger partial charge in [0.05, 0.1) is 16.8 Å². The molecule has 0 saturated carbocycles. The molecular formula is C13H8Cl2F3N3. The summed E-state index contributed by atoms with van der Waals surface area (Å²) in [5.41, 5.74) is 2.32. The second-order valence-electron chi connectivity index (χ2n) is 3.97. The lowest BCUT2D eigenvalue weighted by Crippen LogP contribution is -2.06. The fourth-order valence-electron chi connectivity index (χ4n) is 1.39. The zero-order valence-electron chi connectivity index (χ0n) is 10.3. The Morgan fingerprint density at radius 2 is 1.81 bits per heavy atom. The van der Waals surface area contributed by atoms with Crippen LogP contribution >= 0.6 is 23.2 Å². The van der Waals surface area contributed by atoms with E-state index in [2.05, 4.69) is 15.5 Å². The Balaban J connectivity index is 2.08. The van der Waals surface area contributed by atoms with Gasteiger partial charge in [-0.05, 0) is 23.8 Å². The molecule has 2 aromatic rings. The molecule has 0 bridgehead atoms. The summed E-state index contributed by atoms with van der Waals surface area (Å²) in [5.74, 6) is 0.0369. The van der Waals surface area contributed by atoms with E-state index >= 15 is 0 Å². The molecule has 0 aliphatic carbocycles. The van der Waals surface area contributed by atoms with Crippen LogP contribution in [0.5, 0.6) is 0 Å². The van der Waals surface area contributed by atoms with Crippen LogP contribution in [-0.2, 0) is 6.18 Å². The first-order valence-corrected chi connectivity index (χ1v) is 6.39. The molecule has 110 valence electrons. The second-order valence-corrected chi connectivity index (χ2v) is 4.82. The van der Waals surface area contributed by atoms with Crippen molar-refractivity contribution in [3.05, 3.63) is 57.7 Å². The van der Waals surface area contributed by atoms with Crippen LogP contribution in [0.1, 0.15) is 11.1 Å². The van der Waals surface area contributed by atoms with Gasteiger partial charge in [0.15, 0.2) is 5.82 Å². The lowest BCUT2D eigenvalue weighted by molar-refractivity contribution is -0.137. The van der Waals surface area contributed by atoms with Crippen molar-refractivity contribution in [2.75, 3.05) is 5.43 Å². The highest BCUT2D eigenvalue weighted by Gasteiger charge is 2.31. The predicted octanol–water partition coefficient (Wildman–Crippen LogP) is 4.85. The maximum Gasteiger partial charge on any atom is 0.417 e. The van der Waals surface area contributed by atoms with E-state index in [1.165, 1.54) is 6.21 Å². The van der Waals surface area contributed by atoms with Gasteiger partial charge < -0.3 is 0 Å². The zero-order valence-corrected chi connectivity index (χ0v) is 11.8. The number of halogens is 5. The number of aromatic nitrogens is 1. The van der Waals surface area contributed by atoms with E-state index in [4.69, 9.17) is 23.2 Å². The highest BCUT2D eigenvalue weighted by Crippen LogP contribution is 2.32. The summed E-state index contributed by atoms with van der Waals surface area (Å²) in [7, 11) is 0. The molecule has 0 amide bonds. The smallest absolute Gasteiger partial charge is 0.260 e. The molecule has 0 aliphatic rings. The number of rotatable bonds is 3. The lowest BCUT2D eigenvalue weighted by atomic mass is 10.2. The van der Waals surface area contributed by atoms with Crippen LogP contribution in [0, 0.1) is 0 Å². The molecule has 0 aliphatic heterocycles. The molecule has 0 spiro atoms. The highest BCUT2D eigenvalue weighted by atomic mass is 35.5. The van der Waals surface area contributed by atoms with E-state index in [-0.39, 0.29) is 10.8 Å². The van der Waals surface area contributed by atoms with Crippen LogP contribution in [-0.4, -0.2) is 11.2 Å². The predicted molar refractivity (Wildman–Crippen MR) is 76.9 cm³/mol. The number of hydrogen-bond donors (Lipinski definition) is 1. The maximum atomic E-state index is 12.4. The summed E-state index contributed by atoms with van der Waals surface area (Å²) in [5, 5.41) is 4.27. The average Bonchev–Trinajstić information content (AvgIpc) is 2.41. The van der Waals surface area contributed by atoms with E-state index in [9.17, 15) is 13.2 Å². The third kappa shape index (κ3) is 4.34. The first kappa shape index (κ1) is 15.6. The Morgan fingerprint density at radius 1 is 1.14 bits per heavy atom. The maximum absolute atomic E-state index is 12.4. The van der Waals surface area contributed by atoms with Gasteiger partial charge in [0.2, 0.25) is 0 Å². The van der Waals surface area contributed by atoms with Crippen molar-refractivity contribution >= 4 is 35.2 Å². The standard InChI is InChI=1S/C13H8Cl2F3N3/c14-10-3-1-8(2-4-10)6-20-21-12-11(15)5-9(7-19-12)13(16,17)18/h1-7H,(H,19,21)/b20-6-. The van der Waals surface area contributed by atoms with Gasteiger partial charge in [0.25, 0.3) is 0 Å². The SMILES string of the molecule is FC(F)(F)c1cnc(N/N=C\c2ccc(Cl)cc2)c(Cl)c1. The van der Waals surface area contributed by atoms with Crippen molar-refractivity contribution in [1.82, 2.24) is 4.98 Å². The van der Waals surface area contributed by atoms with Crippen LogP contribution < -0.4 is 5.43 Å². The number of anilines is 1. The Kier molecular flexibility index (Phi) is 4.69. The second kappa shape index (κ2) is 6.32. The Morgan fingerprint density at radius 3 is 2.38 bits per heavy atom. The number of alkyl halides is 3. The molecule has 1 heterocycles. The number of nitrogens with one attached hydrogen (secondary N) is 1. The Labute approximate surface area is 128 Å². The zero-order chi connectivity index (χ0) is 15.5. The molecule has 3 nitrogen and oxygen atoms in total. The minimum Gasteiger partial charge on any atom is -0.260 e. The van der Waals surface area contributed by atoms with Gasteiger partial charge in [-0.15, -0.1) is 0 Å². The summed E-state index contributed by atoms with van der Waals surface area (Å²) in [6.45, 7) is 0. The minimum atomic E-state index is -4.48. The van der Waals surface area contributed by atoms with E-state index in [1.807, 2.05) is 0 Å². The third-order valence-corrected chi connectivity index (χ3v) is 2.96. The molecule has 8 heteroatoms. The molecule has 1 N–H and O–H groups in total. The summed E-state index contributed by atoms with van der Waals surface area (Å²) in [4.78, 5) is 3.59. The summed E-state index contributed by atoms with van der Waals surface area (Å²) in [6.07, 6.45) is -2.33. The number of benzene rings is 1. The van der Waals surface area contributed by atoms with Gasteiger partial charge in [-0.3, -0.25) is 5.43 Å². The van der Waals surface area contributed by atoms with Crippen molar-refractivity contribution in [1.29, 1.82) is 0 Å².